The zero-order chi connectivity index (χ0) is 20.1. The molecule has 0 aliphatic carbocycles. The fourth-order valence-corrected chi connectivity index (χ4v) is 3.23. The van der Waals surface area contributed by atoms with E-state index in [1.165, 1.54) is 12.1 Å². The molecule has 0 amide bonds. The Bertz CT molecular complexity index is 968. The number of halogens is 1. The summed E-state index contributed by atoms with van der Waals surface area (Å²) >= 11 is 2.24. The highest BCUT2D eigenvalue weighted by atomic mass is 127. The van der Waals surface area contributed by atoms with E-state index in [1.54, 1.807) is 12.1 Å². The van der Waals surface area contributed by atoms with E-state index in [0.717, 1.165) is 20.4 Å². The quantitative estimate of drug-likeness (QED) is 0.194. The van der Waals surface area contributed by atoms with Crippen molar-refractivity contribution < 1.29 is 9.72 Å². The summed E-state index contributed by atoms with van der Waals surface area (Å²) in [6, 6.07) is 21.4. The second-order valence-corrected chi connectivity index (χ2v) is 7.79. The van der Waals surface area contributed by atoms with Gasteiger partial charge in [-0.05, 0) is 59.3 Å². The number of anilines is 1. The number of benzene rings is 3. The predicted octanol–water partition coefficient (Wildman–Crippen LogP) is 5.93. The van der Waals surface area contributed by atoms with E-state index in [4.69, 9.17) is 0 Å². The van der Waals surface area contributed by atoms with Crippen molar-refractivity contribution >= 4 is 39.7 Å². The van der Waals surface area contributed by atoms with Crippen molar-refractivity contribution in [3.8, 4) is 0 Å². The van der Waals surface area contributed by atoms with Crippen molar-refractivity contribution in [2.24, 2.45) is 0 Å². The molecule has 142 valence electrons. The second-order valence-electron chi connectivity index (χ2n) is 6.55. The van der Waals surface area contributed by atoms with Gasteiger partial charge in [0.25, 0.3) is 5.69 Å². The smallest absolute Gasteiger partial charge is 0.269 e. The van der Waals surface area contributed by atoms with Crippen LogP contribution in [0.5, 0.6) is 0 Å². The number of carbonyl (C=O) groups excluding carboxylic acids is 1. The summed E-state index contributed by atoms with van der Waals surface area (Å²) in [6.07, 6.45) is 0.243. The van der Waals surface area contributed by atoms with Crippen molar-refractivity contribution in [3.05, 3.63) is 103 Å². The van der Waals surface area contributed by atoms with E-state index in [0.29, 0.717) is 5.56 Å². The molecular weight excluding hydrogens is 467 g/mol. The number of non-ortho nitro benzene ring substituents is 1. The van der Waals surface area contributed by atoms with Crippen LogP contribution in [0.15, 0.2) is 72.8 Å². The average Bonchev–Trinajstić information content (AvgIpc) is 2.69. The Hall–Kier alpha value is -2.74. The van der Waals surface area contributed by atoms with Crippen molar-refractivity contribution in [2.75, 3.05) is 5.32 Å². The fraction of sp³-hybridized carbons (Fsp3) is 0.136. The van der Waals surface area contributed by atoms with Gasteiger partial charge in [0.2, 0.25) is 0 Å². The molecule has 0 heterocycles. The number of nitrogens with zero attached hydrogens (tertiary/aromatic N) is 1. The highest BCUT2D eigenvalue weighted by molar-refractivity contribution is 14.1. The van der Waals surface area contributed by atoms with Crippen molar-refractivity contribution in [1.82, 2.24) is 0 Å². The van der Waals surface area contributed by atoms with Gasteiger partial charge in [-0.25, -0.2) is 0 Å². The van der Waals surface area contributed by atoms with E-state index >= 15 is 0 Å². The van der Waals surface area contributed by atoms with Crippen LogP contribution < -0.4 is 5.32 Å². The maximum Gasteiger partial charge on any atom is 0.269 e. The molecule has 0 fully saturated rings. The molecule has 0 aliphatic rings. The van der Waals surface area contributed by atoms with Gasteiger partial charge in [-0.3, -0.25) is 14.9 Å². The number of carbonyl (C=O) groups is 1. The van der Waals surface area contributed by atoms with E-state index in [2.05, 4.69) is 27.9 Å². The van der Waals surface area contributed by atoms with Crippen molar-refractivity contribution in [1.29, 1.82) is 0 Å². The Morgan fingerprint density at radius 2 is 1.61 bits per heavy atom. The predicted molar refractivity (Wildman–Crippen MR) is 119 cm³/mol. The Balaban J connectivity index is 1.86. The minimum atomic E-state index is -0.428. The zero-order valence-electron chi connectivity index (χ0n) is 15.3. The number of ketones is 1. The summed E-state index contributed by atoms with van der Waals surface area (Å²) < 4.78 is 1.12. The first-order chi connectivity index (χ1) is 13.4. The van der Waals surface area contributed by atoms with Crippen molar-refractivity contribution in [2.45, 2.75) is 19.4 Å². The van der Waals surface area contributed by atoms with Gasteiger partial charge in [0, 0.05) is 33.4 Å². The SMILES string of the molecule is Cc1ccc(C(=O)CC(Nc2ccc(I)cc2)c2ccc([N+](=O)[O-])cc2)cc1. The molecular formula is C22H19IN2O3. The standard InChI is InChI=1S/C22H19IN2O3/c1-15-2-4-17(5-3-15)22(26)14-21(24-19-10-8-18(23)9-11-19)16-6-12-20(13-7-16)25(27)28/h2-13,21,24H,14H2,1H3. The summed E-state index contributed by atoms with van der Waals surface area (Å²) in [5.74, 6) is 0.0152. The fourth-order valence-electron chi connectivity index (χ4n) is 2.87. The van der Waals surface area contributed by atoms with Gasteiger partial charge in [-0.15, -0.1) is 0 Å². The van der Waals surface area contributed by atoms with Crippen LogP contribution >= 0.6 is 22.6 Å². The normalized spacial score (nSPS) is 11.6. The number of rotatable bonds is 7. The van der Waals surface area contributed by atoms with Crippen LogP contribution in [0.3, 0.4) is 0 Å². The lowest BCUT2D eigenvalue weighted by molar-refractivity contribution is -0.384. The van der Waals surface area contributed by atoms with Crippen LogP contribution in [-0.2, 0) is 0 Å². The van der Waals surface area contributed by atoms with Gasteiger partial charge in [-0.2, -0.15) is 0 Å². The molecule has 3 aromatic carbocycles. The summed E-state index contributed by atoms with van der Waals surface area (Å²) in [5, 5.41) is 14.3. The summed E-state index contributed by atoms with van der Waals surface area (Å²) in [6.45, 7) is 1.98. The number of nitrogens with one attached hydrogen (secondary N) is 1. The Kier molecular flexibility index (Phi) is 6.41. The first kappa shape index (κ1) is 20.0. The van der Waals surface area contributed by atoms with Gasteiger partial charge in [-0.1, -0.05) is 42.0 Å². The molecule has 0 aromatic heterocycles. The Morgan fingerprint density at radius 1 is 1.00 bits per heavy atom. The molecule has 5 nitrogen and oxygen atoms in total. The molecule has 0 radical (unpaired) electrons. The first-order valence-corrected chi connectivity index (χ1v) is 9.86. The molecule has 0 aliphatic heterocycles. The molecule has 0 saturated carbocycles. The van der Waals surface area contributed by atoms with Gasteiger partial charge in [0.1, 0.15) is 0 Å². The third-order valence-electron chi connectivity index (χ3n) is 4.45. The minimum Gasteiger partial charge on any atom is -0.378 e. The number of aryl methyl sites for hydroxylation is 1. The van der Waals surface area contributed by atoms with Crippen LogP contribution in [0.4, 0.5) is 11.4 Å². The number of nitro benzene ring substituents is 1. The van der Waals surface area contributed by atoms with Crippen LogP contribution in [0.2, 0.25) is 0 Å². The molecule has 1 N–H and O–H groups in total. The summed E-state index contributed by atoms with van der Waals surface area (Å²) in [7, 11) is 0. The van der Waals surface area contributed by atoms with Crippen molar-refractivity contribution in [3.63, 3.8) is 0 Å². The molecule has 3 rings (SSSR count). The largest absolute Gasteiger partial charge is 0.378 e. The number of hydrogen-bond donors (Lipinski definition) is 1. The topological polar surface area (TPSA) is 72.2 Å². The third kappa shape index (κ3) is 5.16. The monoisotopic (exact) mass is 486 g/mol. The molecule has 1 atom stereocenters. The summed E-state index contributed by atoms with van der Waals surface area (Å²) in [5.41, 5.74) is 3.49. The number of nitro groups is 1. The third-order valence-corrected chi connectivity index (χ3v) is 5.17. The van der Waals surface area contributed by atoms with Crippen LogP contribution in [0, 0.1) is 20.6 Å². The molecule has 0 spiro atoms. The highest BCUT2D eigenvalue weighted by Crippen LogP contribution is 2.27. The van der Waals surface area contributed by atoms with Gasteiger partial charge in [0.15, 0.2) is 5.78 Å². The molecule has 3 aromatic rings. The lowest BCUT2D eigenvalue weighted by atomic mass is 9.97. The number of hydrogen-bond acceptors (Lipinski definition) is 4. The number of Topliss-reactive ketones (excluding diaryl/α,β-unsaturated/α-hetero) is 1. The van der Waals surface area contributed by atoms with Crippen LogP contribution in [-0.4, -0.2) is 10.7 Å². The van der Waals surface area contributed by atoms with E-state index in [1.807, 2.05) is 55.5 Å². The molecule has 6 heteroatoms. The molecule has 0 saturated heterocycles. The zero-order valence-corrected chi connectivity index (χ0v) is 17.4. The highest BCUT2D eigenvalue weighted by Gasteiger charge is 2.18. The maximum absolute atomic E-state index is 12.8. The lowest BCUT2D eigenvalue weighted by Crippen LogP contribution is -2.16. The van der Waals surface area contributed by atoms with E-state index < -0.39 is 4.92 Å². The van der Waals surface area contributed by atoms with Gasteiger partial charge >= 0.3 is 0 Å². The van der Waals surface area contributed by atoms with E-state index in [9.17, 15) is 14.9 Å². The molecule has 0 bridgehead atoms. The maximum atomic E-state index is 12.8. The Labute approximate surface area is 177 Å². The molecule has 28 heavy (non-hydrogen) atoms. The molecule has 1 unspecified atom stereocenters. The average molecular weight is 486 g/mol. The van der Waals surface area contributed by atoms with E-state index in [-0.39, 0.29) is 23.9 Å². The first-order valence-electron chi connectivity index (χ1n) is 8.79. The van der Waals surface area contributed by atoms with Gasteiger partial charge in [0.05, 0.1) is 11.0 Å². The Morgan fingerprint density at radius 3 is 2.18 bits per heavy atom. The van der Waals surface area contributed by atoms with Crippen LogP contribution in [0.1, 0.15) is 33.9 Å². The second kappa shape index (κ2) is 8.97. The van der Waals surface area contributed by atoms with Gasteiger partial charge < -0.3 is 5.32 Å². The lowest BCUT2D eigenvalue weighted by Gasteiger charge is -2.20. The summed E-state index contributed by atoms with van der Waals surface area (Å²) in [4.78, 5) is 23.3. The minimum absolute atomic E-state index is 0.0152. The van der Waals surface area contributed by atoms with Crippen LogP contribution in [0.25, 0.3) is 0 Å².